The molecule has 10 heteroatoms. The Kier molecular flexibility index (Phi) is 6.28. The summed E-state index contributed by atoms with van der Waals surface area (Å²) >= 11 is 1.67. The number of imidazole rings is 1. The van der Waals surface area contributed by atoms with Crippen LogP contribution in [0.5, 0.6) is 5.75 Å². The van der Waals surface area contributed by atoms with Gasteiger partial charge >= 0.3 is 0 Å². The number of halogens is 1. The highest BCUT2D eigenvalue weighted by Crippen LogP contribution is 2.34. The van der Waals surface area contributed by atoms with Gasteiger partial charge < -0.3 is 10.1 Å². The van der Waals surface area contributed by atoms with E-state index in [0.717, 1.165) is 5.75 Å². The summed E-state index contributed by atoms with van der Waals surface area (Å²) in [6, 6.07) is 4.58. The molecule has 0 bridgehead atoms. The molecule has 0 amide bonds. The monoisotopic (exact) mass is 452 g/mol. The molecule has 30 heavy (non-hydrogen) atoms. The van der Waals surface area contributed by atoms with Crippen LogP contribution in [0.1, 0.15) is 20.8 Å². The van der Waals surface area contributed by atoms with Gasteiger partial charge in [0.1, 0.15) is 22.1 Å². The number of nitrogens with one attached hydrogen (secondary N) is 1. The van der Waals surface area contributed by atoms with Crippen LogP contribution in [0.3, 0.4) is 0 Å². The Bertz CT molecular complexity index is 1170. The molecule has 3 rings (SSSR count). The van der Waals surface area contributed by atoms with E-state index in [4.69, 9.17) is 4.74 Å². The summed E-state index contributed by atoms with van der Waals surface area (Å²) in [6.07, 6.45) is 5.04. The molecular weight excluding hydrogens is 427 g/mol. The highest BCUT2D eigenvalue weighted by molar-refractivity contribution is 7.98. The molecule has 0 fully saturated rings. The van der Waals surface area contributed by atoms with Crippen LogP contribution in [0, 0.1) is 5.95 Å². The third-order valence-electron chi connectivity index (χ3n) is 4.59. The Labute approximate surface area is 180 Å². The van der Waals surface area contributed by atoms with E-state index < -0.39 is 20.5 Å². The van der Waals surface area contributed by atoms with E-state index in [1.807, 2.05) is 6.26 Å². The molecule has 162 valence electrons. The number of hydrogen-bond acceptors (Lipinski definition) is 7. The van der Waals surface area contributed by atoms with E-state index in [-0.39, 0.29) is 10.6 Å². The quantitative estimate of drug-likeness (QED) is 0.430. The van der Waals surface area contributed by atoms with Gasteiger partial charge in [0.2, 0.25) is 5.95 Å². The number of ether oxygens (including phenoxy) is 1. The van der Waals surface area contributed by atoms with Crippen molar-refractivity contribution in [2.45, 2.75) is 30.4 Å². The van der Waals surface area contributed by atoms with Crippen molar-refractivity contribution in [1.82, 2.24) is 14.4 Å². The second kappa shape index (κ2) is 8.43. The molecular formula is C20H25FN4O3S2. The van der Waals surface area contributed by atoms with Crippen molar-refractivity contribution in [1.29, 1.82) is 0 Å². The van der Waals surface area contributed by atoms with E-state index in [1.165, 1.54) is 19.4 Å². The first-order chi connectivity index (χ1) is 14.1. The van der Waals surface area contributed by atoms with E-state index in [9.17, 15) is 12.8 Å². The molecule has 0 spiro atoms. The molecule has 0 radical (unpaired) electrons. The zero-order valence-corrected chi connectivity index (χ0v) is 19.2. The first-order valence-electron chi connectivity index (χ1n) is 9.29. The molecule has 0 atom stereocenters. The van der Waals surface area contributed by atoms with Crippen molar-refractivity contribution in [2.24, 2.45) is 0 Å². The fourth-order valence-electron chi connectivity index (χ4n) is 2.91. The molecule has 3 aromatic heterocycles. The second-order valence-electron chi connectivity index (χ2n) is 7.68. The van der Waals surface area contributed by atoms with Crippen molar-refractivity contribution < 1.29 is 17.5 Å². The summed E-state index contributed by atoms with van der Waals surface area (Å²) in [5, 5.41) is 3.09. The van der Waals surface area contributed by atoms with E-state index in [2.05, 4.69) is 15.3 Å². The topological polar surface area (TPSA) is 85.6 Å². The summed E-state index contributed by atoms with van der Waals surface area (Å²) in [7, 11) is -2.27. The normalized spacial score (nSPS) is 12.3. The number of nitrogens with zero attached hydrogens (tertiary/aromatic N) is 3. The summed E-state index contributed by atoms with van der Waals surface area (Å²) in [4.78, 5) is 8.28. The zero-order chi connectivity index (χ0) is 22.1. The Morgan fingerprint density at radius 1 is 1.27 bits per heavy atom. The molecule has 0 aliphatic carbocycles. The van der Waals surface area contributed by atoms with Gasteiger partial charge in [-0.25, -0.2) is 18.4 Å². The van der Waals surface area contributed by atoms with Crippen LogP contribution >= 0.6 is 11.8 Å². The Morgan fingerprint density at radius 3 is 2.63 bits per heavy atom. The van der Waals surface area contributed by atoms with Crippen molar-refractivity contribution in [2.75, 3.05) is 31.0 Å². The molecule has 0 saturated heterocycles. The highest BCUT2D eigenvalue weighted by atomic mass is 32.2. The fourth-order valence-corrected chi connectivity index (χ4v) is 4.53. The highest BCUT2D eigenvalue weighted by Gasteiger charge is 2.34. The average Bonchev–Trinajstić information content (AvgIpc) is 3.08. The summed E-state index contributed by atoms with van der Waals surface area (Å²) in [6.45, 7) is 5.54. The van der Waals surface area contributed by atoms with Gasteiger partial charge in [-0.05, 0) is 33.1 Å². The molecule has 3 heterocycles. The number of thioether (sulfide) groups is 1. The Hall–Kier alpha value is -2.33. The average molecular weight is 453 g/mol. The second-order valence-corrected chi connectivity index (χ2v) is 11.3. The van der Waals surface area contributed by atoms with Crippen molar-refractivity contribution in [3.8, 4) is 17.0 Å². The summed E-state index contributed by atoms with van der Waals surface area (Å²) in [5.74, 6) is 0.849. The van der Waals surface area contributed by atoms with Crippen molar-refractivity contribution in [3.05, 3.63) is 36.5 Å². The van der Waals surface area contributed by atoms with Gasteiger partial charge in [-0.1, -0.05) is 0 Å². The lowest BCUT2D eigenvalue weighted by Crippen LogP contribution is -2.28. The largest absolute Gasteiger partial charge is 0.495 e. The van der Waals surface area contributed by atoms with Gasteiger partial charge in [0, 0.05) is 36.2 Å². The van der Waals surface area contributed by atoms with Gasteiger partial charge in [0.05, 0.1) is 23.7 Å². The predicted octanol–water partition coefficient (Wildman–Crippen LogP) is 3.89. The summed E-state index contributed by atoms with van der Waals surface area (Å²) < 4.78 is 46.3. The predicted molar refractivity (Wildman–Crippen MR) is 119 cm³/mol. The lowest BCUT2D eigenvalue weighted by molar-refractivity contribution is 0.401. The van der Waals surface area contributed by atoms with Gasteiger partial charge in [0.25, 0.3) is 0 Å². The van der Waals surface area contributed by atoms with Crippen LogP contribution in [0.25, 0.3) is 16.9 Å². The van der Waals surface area contributed by atoms with E-state index in [1.54, 1.807) is 55.3 Å². The number of aromatic nitrogens is 3. The number of sulfone groups is 1. The number of methoxy groups -OCH3 is 1. The van der Waals surface area contributed by atoms with Crippen molar-refractivity contribution in [3.63, 3.8) is 0 Å². The number of rotatable bonds is 7. The molecule has 3 aromatic rings. The van der Waals surface area contributed by atoms with E-state index in [0.29, 0.717) is 29.3 Å². The molecule has 0 aliphatic heterocycles. The van der Waals surface area contributed by atoms with Gasteiger partial charge in [0.15, 0.2) is 9.84 Å². The minimum atomic E-state index is -3.69. The molecule has 0 unspecified atom stereocenters. The van der Waals surface area contributed by atoms with Gasteiger partial charge in [-0.2, -0.15) is 16.2 Å². The van der Waals surface area contributed by atoms with Gasteiger partial charge in [-0.3, -0.25) is 4.40 Å². The standard InChI is InChI=1S/C20H25FN4O3S2/c1-20(2,3)30(26,27)16-12-25-14(11-23-19(25)10-15(16)28-4)13-8-17(21)24-18(9-13)22-6-7-29-5/h8-12H,6-7H2,1-5H3,(H,22,24). The lowest BCUT2D eigenvalue weighted by atomic mass is 10.2. The maximum absolute atomic E-state index is 14.2. The van der Waals surface area contributed by atoms with Crippen molar-refractivity contribution >= 4 is 33.1 Å². The number of fused-ring (bicyclic) bond motifs is 1. The molecule has 7 nitrogen and oxygen atoms in total. The van der Waals surface area contributed by atoms with Crippen LogP contribution in [-0.4, -0.2) is 53.2 Å². The number of pyridine rings is 2. The molecule has 0 aliphatic rings. The number of hydrogen-bond donors (Lipinski definition) is 1. The first-order valence-corrected chi connectivity index (χ1v) is 12.2. The molecule has 1 N–H and O–H groups in total. The van der Waals surface area contributed by atoms with Crippen LogP contribution < -0.4 is 10.1 Å². The lowest BCUT2D eigenvalue weighted by Gasteiger charge is -2.21. The fraction of sp³-hybridized carbons (Fsp3) is 0.400. The smallest absolute Gasteiger partial charge is 0.215 e. The van der Waals surface area contributed by atoms with Crippen LogP contribution in [0.15, 0.2) is 35.5 Å². The van der Waals surface area contributed by atoms with Crippen LogP contribution in [0.2, 0.25) is 0 Å². The summed E-state index contributed by atoms with van der Waals surface area (Å²) in [5.41, 5.74) is 1.57. The third-order valence-corrected chi connectivity index (χ3v) is 7.70. The maximum Gasteiger partial charge on any atom is 0.215 e. The van der Waals surface area contributed by atoms with Crippen LogP contribution in [-0.2, 0) is 9.84 Å². The maximum atomic E-state index is 14.2. The van der Waals surface area contributed by atoms with E-state index >= 15 is 0 Å². The Morgan fingerprint density at radius 2 is 2.00 bits per heavy atom. The Balaban J connectivity index is 2.16. The third kappa shape index (κ3) is 4.24. The molecule has 0 saturated carbocycles. The van der Waals surface area contributed by atoms with Crippen LogP contribution in [0.4, 0.5) is 10.2 Å². The minimum Gasteiger partial charge on any atom is -0.495 e. The number of anilines is 1. The molecule has 0 aromatic carbocycles. The zero-order valence-electron chi connectivity index (χ0n) is 17.6. The SMILES string of the molecule is COc1cc2ncc(-c3cc(F)nc(NCCSC)c3)n2cc1S(=O)(=O)C(C)(C)C. The minimum absolute atomic E-state index is 0.0529. The first kappa shape index (κ1) is 22.4. The van der Waals surface area contributed by atoms with Gasteiger partial charge in [-0.15, -0.1) is 0 Å².